The van der Waals surface area contributed by atoms with Crippen molar-refractivity contribution in [1.29, 1.82) is 0 Å². The quantitative estimate of drug-likeness (QED) is 0.112. The Labute approximate surface area is 339 Å². The Hall–Kier alpha value is -5.84. The van der Waals surface area contributed by atoms with Crippen LogP contribution in [-0.4, -0.2) is 68.6 Å². The lowest BCUT2D eigenvalue weighted by molar-refractivity contribution is -0.142. The minimum Gasteiger partial charge on any atom is -0.356 e. The third-order valence-corrected chi connectivity index (χ3v) is 11.6. The Morgan fingerprint density at radius 2 is 1.82 bits per heavy atom. The van der Waals surface area contributed by atoms with Gasteiger partial charge in [-0.2, -0.15) is 32.1 Å². The summed E-state index contributed by atoms with van der Waals surface area (Å²) in [6.45, 7) is 0.451. The van der Waals surface area contributed by atoms with E-state index in [9.17, 15) is 40.0 Å². The molecular weight excluding hydrogens is 846 g/mol. The largest absolute Gasteiger partial charge is 0.435 e. The number of aromatic nitrogens is 6. The summed E-state index contributed by atoms with van der Waals surface area (Å²) in [5, 5.41) is 17.1. The standard InChI is InChI=1S/C37H33F7N10O4S2/c1-16-13-36(40,41)32-28(16)31(37(42,43)44)50-54(32)15-27(56)47-24(9-17-7-18(38)10-19(39)8-17)29-23(12-25-34(48-29)49-35(59-25)46-20-11-26(55)45-14-20)21-5-4-6-22-30(21)53(2)51-33(22)52-60(3,57)58/h4-8,10,12,16,20,24H,9,11,13-15H2,1-3H3,(H,45,55)(H,47,56)(H,51,52)(H,46,48,49)/t16-,20?,24?/m0/s1. The monoisotopic (exact) mass is 878 g/mol. The van der Waals surface area contributed by atoms with E-state index in [4.69, 9.17) is 4.98 Å². The van der Waals surface area contributed by atoms with Gasteiger partial charge in [0.05, 0.1) is 34.2 Å². The van der Waals surface area contributed by atoms with Gasteiger partial charge in [0.15, 0.2) is 22.3 Å². The predicted molar refractivity (Wildman–Crippen MR) is 206 cm³/mol. The first kappa shape index (κ1) is 40.9. The van der Waals surface area contributed by atoms with E-state index >= 15 is 8.78 Å². The molecule has 0 spiro atoms. The molecule has 5 heterocycles. The number of alkyl halides is 5. The van der Waals surface area contributed by atoms with Crippen LogP contribution < -0.4 is 20.7 Å². The van der Waals surface area contributed by atoms with Crippen LogP contribution in [0.25, 0.3) is 32.4 Å². The summed E-state index contributed by atoms with van der Waals surface area (Å²) in [4.78, 5) is 35.3. The van der Waals surface area contributed by atoms with Crippen LogP contribution in [0, 0.1) is 11.6 Å². The molecule has 1 fully saturated rings. The molecule has 2 aliphatic rings. The molecule has 1 aliphatic carbocycles. The average molecular weight is 879 g/mol. The first-order chi connectivity index (χ1) is 28.1. The van der Waals surface area contributed by atoms with Gasteiger partial charge in [0.1, 0.15) is 23.9 Å². The fourth-order valence-electron chi connectivity index (χ4n) is 7.90. The Balaban J connectivity index is 1.28. The van der Waals surface area contributed by atoms with E-state index in [-0.39, 0.29) is 53.1 Å². The molecule has 23 heteroatoms. The number of thiazole rings is 1. The van der Waals surface area contributed by atoms with Crippen molar-refractivity contribution in [3.05, 3.63) is 82.3 Å². The van der Waals surface area contributed by atoms with Crippen molar-refractivity contribution in [2.24, 2.45) is 7.05 Å². The molecule has 2 amide bonds. The number of sulfonamides is 1. The number of carbonyl (C=O) groups excluding carboxylic acids is 2. The molecule has 4 aromatic heterocycles. The zero-order valence-electron chi connectivity index (χ0n) is 31.6. The Kier molecular flexibility index (Phi) is 10.0. The van der Waals surface area contributed by atoms with E-state index in [0.29, 0.717) is 43.6 Å². The number of nitrogens with one attached hydrogen (secondary N) is 4. The number of hydrogen-bond donors (Lipinski definition) is 4. The number of pyridine rings is 1. The van der Waals surface area contributed by atoms with E-state index < -0.39 is 81.5 Å². The van der Waals surface area contributed by atoms with Crippen LogP contribution in [0.1, 0.15) is 59.9 Å². The van der Waals surface area contributed by atoms with Gasteiger partial charge in [-0.25, -0.2) is 27.2 Å². The van der Waals surface area contributed by atoms with E-state index in [0.717, 1.165) is 18.4 Å². The molecule has 0 radical (unpaired) electrons. The number of nitrogens with zero attached hydrogens (tertiary/aromatic N) is 6. The summed E-state index contributed by atoms with van der Waals surface area (Å²) in [5.74, 6) is -8.13. The fraction of sp³-hybridized carbons (Fsp3) is 0.351. The van der Waals surface area contributed by atoms with Crippen LogP contribution in [0.5, 0.6) is 0 Å². The summed E-state index contributed by atoms with van der Waals surface area (Å²) in [6.07, 6.45) is -5.28. The van der Waals surface area contributed by atoms with Gasteiger partial charge >= 0.3 is 6.18 Å². The first-order valence-corrected chi connectivity index (χ1v) is 20.9. The fourth-order valence-corrected chi connectivity index (χ4v) is 9.33. The van der Waals surface area contributed by atoms with Crippen molar-refractivity contribution in [3.8, 4) is 11.1 Å². The lowest BCUT2D eigenvalue weighted by Crippen LogP contribution is -2.35. The lowest BCUT2D eigenvalue weighted by atomic mass is 9.94. The van der Waals surface area contributed by atoms with Gasteiger partial charge in [-0.3, -0.25) is 23.7 Å². The predicted octanol–water partition coefficient (Wildman–Crippen LogP) is 6.11. The van der Waals surface area contributed by atoms with Crippen molar-refractivity contribution in [1.82, 2.24) is 40.2 Å². The first-order valence-electron chi connectivity index (χ1n) is 18.2. The Bertz CT molecular complexity index is 2820. The second kappa shape index (κ2) is 14.7. The molecule has 1 aliphatic heterocycles. The number of fused-ring (bicyclic) bond motifs is 3. The smallest absolute Gasteiger partial charge is 0.356 e. The molecule has 0 saturated carbocycles. The summed E-state index contributed by atoms with van der Waals surface area (Å²) >= 11 is 1.18. The normalized spacial score (nSPS) is 18.2. The number of para-hydroxylation sites is 1. The van der Waals surface area contributed by atoms with Gasteiger partial charge in [-0.1, -0.05) is 30.4 Å². The van der Waals surface area contributed by atoms with Crippen LogP contribution in [-0.2, 0) is 51.7 Å². The molecule has 14 nitrogen and oxygen atoms in total. The van der Waals surface area contributed by atoms with Crippen molar-refractivity contribution in [2.75, 3.05) is 22.8 Å². The van der Waals surface area contributed by atoms with E-state index in [2.05, 4.69) is 35.9 Å². The second-order valence-electron chi connectivity index (χ2n) is 14.8. The summed E-state index contributed by atoms with van der Waals surface area (Å²) in [6, 6.07) is 7.53. The number of rotatable bonds is 11. The highest BCUT2D eigenvalue weighted by Crippen LogP contribution is 2.52. The molecule has 2 unspecified atom stereocenters. The molecule has 2 aromatic carbocycles. The maximum atomic E-state index is 15.3. The molecule has 4 N–H and O–H groups in total. The van der Waals surface area contributed by atoms with Crippen molar-refractivity contribution in [3.63, 3.8) is 0 Å². The third kappa shape index (κ3) is 7.94. The highest BCUT2D eigenvalue weighted by Gasteiger charge is 2.53. The Morgan fingerprint density at radius 1 is 1.08 bits per heavy atom. The number of carbonyl (C=O) groups is 2. The summed E-state index contributed by atoms with van der Waals surface area (Å²) in [7, 11) is -2.24. The molecule has 6 aromatic rings. The minimum atomic E-state index is -5.10. The van der Waals surface area contributed by atoms with Crippen molar-refractivity contribution in [2.45, 2.75) is 62.8 Å². The maximum Gasteiger partial charge on any atom is 0.435 e. The zero-order valence-corrected chi connectivity index (χ0v) is 33.2. The SMILES string of the molecule is C[C@H]1CC(F)(F)c2c1c(C(F)(F)F)nn2CC(=O)NC(Cc1cc(F)cc(F)c1)c1nc2nc(NC3CNC(=O)C3)sc2cc1-c1cccc2c(NS(C)(=O)=O)nn(C)c12. The second-order valence-corrected chi connectivity index (χ2v) is 17.6. The van der Waals surface area contributed by atoms with Crippen molar-refractivity contribution >= 4 is 65.4 Å². The van der Waals surface area contributed by atoms with Crippen LogP contribution in [0.2, 0.25) is 0 Å². The number of amides is 2. The van der Waals surface area contributed by atoms with Crippen LogP contribution in [0.3, 0.4) is 0 Å². The van der Waals surface area contributed by atoms with Crippen LogP contribution in [0.15, 0.2) is 42.5 Å². The van der Waals surface area contributed by atoms with E-state index in [1.54, 1.807) is 31.3 Å². The van der Waals surface area contributed by atoms with Gasteiger partial charge in [0.25, 0.3) is 5.92 Å². The zero-order chi connectivity index (χ0) is 43.1. The molecule has 0 bridgehead atoms. The highest BCUT2D eigenvalue weighted by molar-refractivity contribution is 7.92. The van der Waals surface area contributed by atoms with Gasteiger partial charge in [-0.05, 0) is 42.2 Å². The minimum absolute atomic E-state index is 0.00683. The van der Waals surface area contributed by atoms with Crippen LogP contribution >= 0.6 is 11.3 Å². The number of hydrogen-bond acceptors (Lipinski definition) is 10. The molecule has 8 rings (SSSR count). The van der Waals surface area contributed by atoms with Crippen molar-refractivity contribution < 1.29 is 48.7 Å². The van der Waals surface area contributed by atoms with E-state index in [1.165, 1.54) is 22.9 Å². The van der Waals surface area contributed by atoms with E-state index in [1.807, 2.05) is 0 Å². The van der Waals surface area contributed by atoms with Gasteiger partial charge in [0, 0.05) is 54.6 Å². The number of anilines is 2. The number of halogens is 7. The Morgan fingerprint density at radius 3 is 2.48 bits per heavy atom. The van der Waals surface area contributed by atoms with Gasteiger partial charge in [0.2, 0.25) is 21.8 Å². The number of aryl methyl sites for hydroxylation is 1. The molecule has 3 atom stereocenters. The molecule has 1 saturated heterocycles. The molecule has 60 heavy (non-hydrogen) atoms. The topological polar surface area (TPSA) is 178 Å². The molecular formula is C37H33F7N10O4S2. The highest BCUT2D eigenvalue weighted by atomic mass is 32.2. The summed E-state index contributed by atoms with van der Waals surface area (Å²) < 4.78 is 131. The maximum absolute atomic E-state index is 15.3. The van der Waals surface area contributed by atoms with Gasteiger partial charge in [-0.15, -0.1) is 0 Å². The van der Waals surface area contributed by atoms with Gasteiger partial charge < -0.3 is 16.0 Å². The molecule has 316 valence electrons. The third-order valence-electron chi connectivity index (χ3n) is 10.1. The average Bonchev–Trinajstić information content (AvgIpc) is 3.93. The lowest BCUT2D eigenvalue weighted by Gasteiger charge is -2.23. The van der Waals surface area contributed by atoms with Crippen LogP contribution in [0.4, 0.5) is 41.7 Å². The number of benzene rings is 2. The summed E-state index contributed by atoms with van der Waals surface area (Å²) in [5.41, 5.74) is -2.04.